The Kier molecular flexibility index (Phi) is 5.30. The van der Waals surface area contributed by atoms with Gasteiger partial charge in [0, 0.05) is 37.1 Å². The Morgan fingerprint density at radius 2 is 2.07 bits per heavy atom. The number of hydrogen-bond acceptors (Lipinski definition) is 7. The highest BCUT2D eigenvalue weighted by Gasteiger charge is 2.20. The molecule has 3 aromatic rings. The summed E-state index contributed by atoms with van der Waals surface area (Å²) >= 11 is 0. The molecule has 0 aliphatic carbocycles. The Morgan fingerprint density at radius 3 is 2.76 bits per heavy atom. The highest BCUT2D eigenvalue weighted by atomic mass is 19.1. The van der Waals surface area contributed by atoms with Crippen LogP contribution in [0.15, 0.2) is 30.6 Å². The first-order valence-corrected chi connectivity index (χ1v) is 9.50. The molecule has 0 amide bonds. The lowest BCUT2D eigenvalue weighted by molar-refractivity contribution is 0.172. The summed E-state index contributed by atoms with van der Waals surface area (Å²) in [4.78, 5) is 11.0. The molecule has 2 N–H and O–H groups in total. The van der Waals surface area contributed by atoms with Crippen molar-refractivity contribution in [2.45, 2.75) is 19.9 Å². The normalized spacial score (nSPS) is 13.8. The summed E-state index contributed by atoms with van der Waals surface area (Å²) in [6.07, 6.45) is 4.83. The van der Waals surface area contributed by atoms with Gasteiger partial charge in [-0.3, -0.25) is 4.90 Å². The van der Waals surface area contributed by atoms with Gasteiger partial charge in [0.2, 0.25) is 5.95 Å². The molecule has 1 aromatic carbocycles. The second-order valence-electron chi connectivity index (χ2n) is 6.99. The van der Waals surface area contributed by atoms with Gasteiger partial charge in [-0.2, -0.15) is 10.1 Å². The minimum atomic E-state index is -0.487. The van der Waals surface area contributed by atoms with Crippen LogP contribution in [0.5, 0.6) is 5.75 Å². The molecule has 0 radical (unpaired) electrons. The number of halogens is 1. The first-order chi connectivity index (χ1) is 14.1. The molecule has 3 heterocycles. The average molecular weight is 397 g/mol. The molecule has 0 bridgehead atoms. The Labute approximate surface area is 168 Å². The molecule has 0 spiro atoms. The highest BCUT2D eigenvalue weighted by molar-refractivity contribution is 5.64. The van der Waals surface area contributed by atoms with Crippen molar-refractivity contribution in [1.29, 1.82) is 0 Å². The van der Waals surface area contributed by atoms with Gasteiger partial charge in [0.1, 0.15) is 17.3 Å². The molecule has 2 aromatic heterocycles. The van der Waals surface area contributed by atoms with Gasteiger partial charge in [-0.25, -0.2) is 14.1 Å². The van der Waals surface area contributed by atoms with E-state index in [0.717, 1.165) is 30.9 Å². The maximum Gasteiger partial charge on any atom is 0.229 e. The molecule has 1 aliphatic rings. The average Bonchev–Trinajstić information content (AvgIpc) is 3.14. The number of nitrogens with one attached hydrogen (secondary N) is 2. The first kappa shape index (κ1) is 19.1. The largest absolute Gasteiger partial charge is 0.494 e. The highest BCUT2D eigenvalue weighted by Crippen LogP contribution is 2.32. The fraction of sp³-hybridized carbons (Fsp3) is 0.350. The SMILES string of the molecule is CNc1cc(C)nc(Nc2ccc(OC)c(-n3cc(CN4CCC4)cn3)c2F)n1. The second-order valence-corrected chi connectivity index (χ2v) is 6.99. The predicted molar refractivity (Wildman–Crippen MR) is 110 cm³/mol. The van der Waals surface area contributed by atoms with Crippen LogP contribution in [0.3, 0.4) is 0 Å². The zero-order valence-electron chi connectivity index (χ0n) is 16.7. The van der Waals surface area contributed by atoms with Crippen molar-refractivity contribution in [1.82, 2.24) is 24.6 Å². The number of ether oxygens (including phenoxy) is 1. The lowest BCUT2D eigenvalue weighted by Gasteiger charge is -2.29. The molecule has 1 aliphatic heterocycles. The third-order valence-electron chi connectivity index (χ3n) is 4.88. The summed E-state index contributed by atoms with van der Waals surface area (Å²) in [5.74, 6) is 0.868. The monoisotopic (exact) mass is 397 g/mol. The summed E-state index contributed by atoms with van der Waals surface area (Å²) in [7, 11) is 3.28. The quantitative estimate of drug-likeness (QED) is 0.634. The van der Waals surface area contributed by atoms with Crippen LogP contribution in [0.2, 0.25) is 0 Å². The fourth-order valence-electron chi connectivity index (χ4n) is 3.26. The smallest absolute Gasteiger partial charge is 0.229 e. The number of hydrogen-bond donors (Lipinski definition) is 2. The molecule has 1 saturated heterocycles. The van der Waals surface area contributed by atoms with Crippen molar-refractivity contribution in [2.24, 2.45) is 0 Å². The number of aromatic nitrogens is 4. The first-order valence-electron chi connectivity index (χ1n) is 9.50. The molecule has 29 heavy (non-hydrogen) atoms. The minimum absolute atomic E-state index is 0.244. The van der Waals surface area contributed by atoms with Crippen LogP contribution in [-0.2, 0) is 6.54 Å². The van der Waals surface area contributed by atoms with Crippen LogP contribution in [0.4, 0.5) is 21.8 Å². The molecule has 8 nitrogen and oxygen atoms in total. The Morgan fingerprint density at radius 1 is 1.24 bits per heavy atom. The third-order valence-corrected chi connectivity index (χ3v) is 4.88. The maximum atomic E-state index is 15.4. The van der Waals surface area contributed by atoms with Crippen LogP contribution < -0.4 is 15.4 Å². The van der Waals surface area contributed by atoms with Crippen molar-refractivity contribution >= 4 is 17.5 Å². The van der Waals surface area contributed by atoms with Gasteiger partial charge in [-0.15, -0.1) is 0 Å². The Hall–Kier alpha value is -3.20. The summed E-state index contributed by atoms with van der Waals surface area (Å²) in [5.41, 5.74) is 2.29. The molecule has 0 unspecified atom stereocenters. The van der Waals surface area contributed by atoms with Gasteiger partial charge < -0.3 is 15.4 Å². The topological polar surface area (TPSA) is 80.1 Å². The van der Waals surface area contributed by atoms with Crippen molar-refractivity contribution in [2.75, 3.05) is 37.9 Å². The van der Waals surface area contributed by atoms with E-state index in [1.165, 1.54) is 18.2 Å². The van der Waals surface area contributed by atoms with Crippen LogP contribution in [0.1, 0.15) is 17.7 Å². The van der Waals surface area contributed by atoms with E-state index >= 15 is 4.39 Å². The summed E-state index contributed by atoms with van der Waals surface area (Å²) in [6.45, 7) is 4.85. The number of methoxy groups -OCH3 is 1. The van der Waals surface area contributed by atoms with Gasteiger partial charge in [-0.05, 0) is 38.6 Å². The Balaban J connectivity index is 1.66. The van der Waals surface area contributed by atoms with Gasteiger partial charge in [-0.1, -0.05) is 0 Å². The van der Waals surface area contributed by atoms with Gasteiger partial charge in [0.05, 0.1) is 19.0 Å². The number of rotatable bonds is 7. The number of nitrogens with zero attached hydrogens (tertiary/aromatic N) is 5. The number of aryl methyl sites for hydroxylation is 1. The van der Waals surface area contributed by atoms with Crippen molar-refractivity contribution in [3.8, 4) is 11.4 Å². The predicted octanol–water partition coefficient (Wildman–Crippen LogP) is 3.11. The fourth-order valence-corrected chi connectivity index (χ4v) is 3.26. The van der Waals surface area contributed by atoms with E-state index < -0.39 is 5.82 Å². The lowest BCUT2D eigenvalue weighted by atomic mass is 10.2. The van der Waals surface area contributed by atoms with E-state index in [2.05, 4.69) is 30.6 Å². The van der Waals surface area contributed by atoms with Crippen LogP contribution >= 0.6 is 0 Å². The van der Waals surface area contributed by atoms with Gasteiger partial charge in [0.15, 0.2) is 5.82 Å². The molecule has 0 atom stereocenters. The van der Waals surface area contributed by atoms with E-state index in [4.69, 9.17) is 4.74 Å². The molecule has 4 rings (SSSR count). The third kappa shape index (κ3) is 4.00. The van der Waals surface area contributed by atoms with Crippen molar-refractivity contribution in [3.63, 3.8) is 0 Å². The maximum absolute atomic E-state index is 15.4. The molecular formula is C20H24FN7O. The van der Waals surface area contributed by atoms with E-state index in [1.54, 1.807) is 25.4 Å². The van der Waals surface area contributed by atoms with Crippen LogP contribution in [0.25, 0.3) is 5.69 Å². The molecule has 152 valence electrons. The zero-order valence-corrected chi connectivity index (χ0v) is 16.7. The minimum Gasteiger partial charge on any atom is -0.494 e. The molecule has 0 saturated carbocycles. The number of likely N-dealkylation sites (tertiary alicyclic amines) is 1. The summed E-state index contributed by atoms with van der Waals surface area (Å²) in [6, 6.07) is 5.11. The van der Waals surface area contributed by atoms with Crippen LogP contribution in [0, 0.1) is 12.7 Å². The molecular weight excluding hydrogens is 373 g/mol. The van der Waals surface area contributed by atoms with E-state index in [0.29, 0.717) is 17.5 Å². The van der Waals surface area contributed by atoms with Gasteiger partial charge >= 0.3 is 0 Å². The van der Waals surface area contributed by atoms with E-state index in [-0.39, 0.29) is 11.4 Å². The zero-order chi connectivity index (χ0) is 20.4. The Bertz CT molecular complexity index is 1020. The molecule has 1 fully saturated rings. The summed E-state index contributed by atoms with van der Waals surface area (Å²) < 4.78 is 22.3. The second kappa shape index (κ2) is 8.04. The number of anilines is 3. The van der Waals surface area contributed by atoms with Crippen LogP contribution in [-0.4, -0.2) is 51.9 Å². The molecule has 9 heteroatoms. The van der Waals surface area contributed by atoms with E-state index in [9.17, 15) is 0 Å². The van der Waals surface area contributed by atoms with Crippen molar-refractivity contribution in [3.05, 3.63) is 47.7 Å². The van der Waals surface area contributed by atoms with Gasteiger partial charge in [0.25, 0.3) is 0 Å². The summed E-state index contributed by atoms with van der Waals surface area (Å²) in [5, 5.41) is 10.3. The van der Waals surface area contributed by atoms with Crippen molar-refractivity contribution < 1.29 is 9.13 Å². The van der Waals surface area contributed by atoms with E-state index in [1.807, 2.05) is 19.2 Å². The standard InChI is InChI=1S/C20H24FN7O/c1-13-9-17(22-2)26-20(24-13)25-15-5-6-16(29-3)19(18(15)21)28-12-14(10-23-28)11-27-7-4-8-27/h5-6,9-10,12H,4,7-8,11H2,1-3H3,(H2,22,24,25,26). The number of benzene rings is 1. The lowest BCUT2D eigenvalue weighted by Crippen LogP contribution is -2.36.